The van der Waals surface area contributed by atoms with Gasteiger partial charge in [-0.15, -0.1) is 0 Å². The van der Waals surface area contributed by atoms with E-state index in [2.05, 4.69) is 13.3 Å². The van der Waals surface area contributed by atoms with E-state index in [9.17, 15) is 0 Å². The molecule has 0 aromatic rings. The summed E-state index contributed by atoms with van der Waals surface area (Å²) in [4.78, 5) is 0. The topological polar surface area (TPSA) is 0 Å². The number of rotatable bonds is 2. The molecular weight excluding hydrogens is 72.1 g/mol. The van der Waals surface area contributed by atoms with Gasteiger partial charge in [0.15, 0.2) is 0 Å². The van der Waals surface area contributed by atoms with Crippen molar-refractivity contribution in [3.8, 4) is 0 Å². The highest BCUT2D eigenvalue weighted by molar-refractivity contribution is 4.85. The summed E-state index contributed by atoms with van der Waals surface area (Å²) in [5, 5.41) is 0. The Balaban J connectivity index is 1.88. The van der Waals surface area contributed by atoms with E-state index in [0.717, 1.165) is 5.92 Å². The fraction of sp³-hybridized carbons (Fsp3) is 0.833. The first-order chi connectivity index (χ1) is 2.93. The molecule has 0 saturated heterocycles. The molecule has 1 fully saturated rings. The first kappa shape index (κ1) is 4.04. The van der Waals surface area contributed by atoms with E-state index in [0.29, 0.717) is 0 Å². The van der Waals surface area contributed by atoms with E-state index < -0.39 is 0 Å². The van der Waals surface area contributed by atoms with Crippen LogP contribution in [0.3, 0.4) is 0 Å². The Morgan fingerprint density at radius 2 is 2.33 bits per heavy atom. The van der Waals surface area contributed by atoms with Gasteiger partial charge in [-0.05, 0) is 19.8 Å². The van der Waals surface area contributed by atoms with Gasteiger partial charge in [0, 0.05) is 0 Å². The first-order valence-electron chi connectivity index (χ1n) is 2.77. The van der Waals surface area contributed by atoms with Crippen LogP contribution < -0.4 is 0 Å². The van der Waals surface area contributed by atoms with Crippen LogP contribution in [0.5, 0.6) is 0 Å². The van der Waals surface area contributed by atoms with Gasteiger partial charge in [0.2, 0.25) is 0 Å². The maximum absolute atomic E-state index is 2.40. The predicted octanol–water partition coefficient (Wildman–Crippen LogP) is 2.01. The molecule has 0 nitrogen and oxygen atoms in total. The lowest BCUT2D eigenvalue weighted by molar-refractivity contribution is 0.904. The van der Waals surface area contributed by atoms with Crippen molar-refractivity contribution in [2.45, 2.75) is 26.2 Å². The van der Waals surface area contributed by atoms with Gasteiger partial charge in [0.1, 0.15) is 0 Å². The molecule has 0 bridgehead atoms. The molecule has 0 unspecified atom stereocenters. The molecule has 0 radical (unpaired) electrons. The molecular formula is C6H11+. The van der Waals surface area contributed by atoms with Crippen molar-refractivity contribution in [2.24, 2.45) is 5.92 Å². The third-order valence-corrected chi connectivity index (χ3v) is 1.19. The molecule has 0 amide bonds. The highest BCUT2D eigenvalue weighted by Crippen LogP contribution is 2.32. The molecule has 0 aromatic carbocycles. The van der Waals surface area contributed by atoms with Gasteiger partial charge in [-0.2, -0.15) is 0 Å². The standard InChI is InChI=1S/C6H11/c1-2-3-6-4-5-6/h3,6H,2,4-5H2,1H3/q+1. The van der Waals surface area contributed by atoms with Crippen molar-refractivity contribution in [2.75, 3.05) is 0 Å². The maximum atomic E-state index is 2.40. The molecule has 6 heavy (non-hydrogen) atoms. The van der Waals surface area contributed by atoms with E-state index in [1.165, 1.54) is 19.3 Å². The highest BCUT2D eigenvalue weighted by atomic mass is 14.2. The lowest BCUT2D eigenvalue weighted by Crippen LogP contribution is -1.70. The lowest BCUT2D eigenvalue weighted by atomic mass is 10.2. The molecule has 0 aromatic heterocycles. The van der Waals surface area contributed by atoms with Gasteiger partial charge >= 0.3 is 0 Å². The molecule has 1 rings (SSSR count). The quantitative estimate of drug-likeness (QED) is 0.448. The molecule has 1 saturated carbocycles. The summed E-state index contributed by atoms with van der Waals surface area (Å²) in [6, 6.07) is 0. The molecule has 0 heterocycles. The Morgan fingerprint density at radius 3 is 2.50 bits per heavy atom. The second-order valence-electron chi connectivity index (χ2n) is 1.98. The Labute approximate surface area is 39.6 Å². The zero-order valence-electron chi connectivity index (χ0n) is 4.28. The second kappa shape index (κ2) is 1.55. The predicted molar refractivity (Wildman–Crippen MR) is 27.3 cm³/mol. The van der Waals surface area contributed by atoms with Crippen LogP contribution in [0.2, 0.25) is 0 Å². The van der Waals surface area contributed by atoms with Crippen LogP contribution in [0.4, 0.5) is 0 Å². The van der Waals surface area contributed by atoms with Gasteiger partial charge in [0.25, 0.3) is 0 Å². The average Bonchev–Trinajstić information content (AvgIpc) is 2.21. The minimum Gasteiger partial charge on any atom is -0.0243 e. The first-order valence-corrected chi connectivity index (χ1v) is 2.77. The van der Waals surface area contributed by atoms with Crippen LogP contribution in [0.15, 0.2) is 0 Å². The third-order valence-electron chi connectivity index (χ3n) is 1.19. The van der Waals surface area contributed by atoms with E-state index in [1.54, 1.807) is 0 Å². The van der Waals surface area contributed by atoms with E-state index in [-0.39, 0.29) is 0 Å². The molecule has 0 atom stereocenters. The van der Waals surface area contributed by atoms with Crippen LogP contribution in [-0.2, 0) is 0 Å². The monoisotopic (exact) mass is 83.1 g/mol. The highest BCUT2D eigenvalue weighted by Gasteiger charge is 2.28. The Morgan fingerprint density at radius 1 is 1.67 bits per heavy atom. The summed E-state index contributed by atoms with van der Waals surface area (Å²) in [5.74, 6) is 1.02. The van der Waals surface area contributed by atoms with Crippen molar-refractivity contribution in [1.82, 2.24) is 0 Å². The van der Waals surface area contributed by atoms with Crippen LogP contribution in [0.25, 0.3) is 0 Å². The smallest absolute Gasteiger partial charge is 0.0243 e. The Hall–Kier alpha value is -0.130. The number of hydrogen-bond acceptors (Lipinski definition) is 0. The average molecular weight is 83.2 g/mol. The molecule has 1 aliphatic rings. The largest absolute Gasteiger partial charge is 0.0981 e. The number of hydrogen-bond donors (Lipinski definition) is 0. The SMILES string of the molecule is CC[CH+]C1CC1. The maximum Gasteiger partial charge on any atom is 0.0981 e. The van der Waals surface area contributed by atoms with Gasteiger partial charge in [-0.1, -0.05) is 0 Å². The minimum absolute atomic E-state index is 1.02. The van der Waals surface area contributed by atoms with Crippen molar-refractivity contribution >= 4 is 0 Å². The van der Waals surface area contributed by atoms with Gasteiger partial charge in [-0.3, -0.25) is 0 Å². The Kier molecular flexibility index (Phi) is 1.04. The normalized spacial score (nSPS) is 20.8. The summed E-state index contributed by atoms with van der Waals surface area (Å²) in [7, 11) is 0. The van der Waals surface area contributed by atoms with Crippen molar-refractivity contribution in [3.05, 3.63) is 6.42 Å². The summed E-state index contributed by atoms with van der Waals surface area (Å²) >= 11 is 0. The molecule has 1 aliphatic carbocycles. The van der Waals surface area contributed by atoms with Crippen LogP contribution in [0, 0.1) is 12.3 Å². The fourth-order valence-electron chi connectivity index (χ4n) is 0.665. The van der Waals surface area contributed by atoms with E-state index in [4.69, 9.17) is 0 Å². The third kappa shape index (κ3) is 0.925. The summed E-state index contributed by atoms with van der Waals surface area (Å²) in [5.41, 5.74) is 0. The van der Waals surface area contributed by atoms with Crippen LogP contribution in [-0.4, -0.2) is 0 Å². The van der Waals surface area contributed by atoms with Crippen molar-refractivity contribution in [3.63, 3.8) is 0 Å². The van der Waals surface area contributed by atoms with Gasteiger partial charge in [-0.25, -0.2) is 0 Å². The molecule has 0 heteroatoms. The lowest BCUT2D eigenvalue weighted by Gasteiger charge is -1.70. The Bertz CT molecular complexity index is 35.3. The molecule has 0 N–H and O–H groups in total. The van der Waals surface area contributed by atoms with Crippen molar-refractivity contribution < 1.29 is 0 Å². The molecule has 0 spiro atoms. The zero-order chi connectivity index (χ0) is 4.41. The fourth-order valence-corrected chi connectivity index (χ4v) is 0.665. The minimum atomic E-state index is 1.02. The summed E-state index contributed by atoms with van der Waals surface area (Å²) in [6.07, 6.45) is 6.60. The van der Waals surface area contributed by atoms with E-state index >= 15 is 0 Å². The zero-order valence-corrected chi connectivity index (χ0v) is 4.28. The summed E-state index contributed by atoms with van der Waals surface area (Å²) < 4.78 is 0. The summed E-state index contributed by atoms with van der Waals surface area (Å²) in [6.45, 7) is 2.21. The second-order valence-corrected chi connectivity index (χ2v) is 1.98. The van der Waals surface area contributed by atoms with E-state index in [1.807, 2.05) is 0 Å². The molecule has 34 valence electrons. The van der Waals surface area contributed by atoms with Gasteiger partial charge < -0.3 is 0 Å². The van der Waals surface area contributed by atoms with Crippen molar-refractivity contribution in [1.29, 1.82) is 0 Å². The van der Waals surface area contributed by atoms with Crippen LogP contribution >= 0.6 is 0 Å². The molecule has 0 aliphatic heterocycles. The van der Waals surface area contributed by atoms with Gasteiger partial charge in [0.05, 0.1) is 18.8 Å². The van der Waals surface area contributed by atoms with Crippen LogP contribution in [0.1, 0.15) is 26.2 Å².